The number of esters is 1. The topological polar surface area (TPSA) is 76.0 Å². The van der Waals surface area contributed by atoms with Gasteiger partial charge in [-0.25, -0.2) is 18.0 Å². The van der Waals surface area contributed by atoms with E-state index in [9.17, 15) is 19.4 Å². The molecule has 0 bridgehead atoms. The predicted octanol–water partition coefficient (Wildman–Crippen LogP) is 4.25. The number of alkyl halides is 2. The fourth-order valence-electron chi connectivity index (χ4n) is 4.27. The average molecular weight is 418 g/mol. The zero-order chi connectivity index (χ0) is 20.3. The van der Waals surface area contributed by atoms with E-state index >= 15 is 8.78 Å². The summed E-state index contributed by atoms with van der Waals surface area (Å²) in [6, 6.07) is 7.72. The Morgan fingerprint density at radius 3 is 2.10 bits per heavy atom. The standard InChI is InChI=1S/C20H9F3O5S/c21-12-7-18(22)20(23,29-18)16-15(12)19(28-17(16)26)10-3-1-8(24)5-13(10)27-14-6-9(25)2-4-11(14)19/h1-7,24-25H. The monoisotopic (exact) mass is 418 g/mol. The van der Waals surface area contributed by atoms with Crippen molar-refractivity contribution in [2.45, 2.75) is 15.6 Å². The number of hydrogen-bond acceptors (Lipinski definition) is 6. The number of aromatic hydroxyl groups is 2. The molecule has 0 radical (unpaired) electrons. The Balaban J connectivity index is 1.73. The third-order valence-corrected chi connectivity index (χ3v) is 6.79. The zero-order valence-corrected chi connectivity index (χ0v) is 15.0. The van der Waals surface area contributed by atoms with Crippen molar-refractivity contribution in [2.24, 2.45) is 0 Å². The summed E-state index contributed by atoms with van der Waals surface area (Å²) in [4.78, 5) is 12.7. The number of thioether (sulfide) groups is 1. The molecular weight excluding hydrogens is 409 g/mol. The number of carbonyl (C=O) groups excluding carboxylic acids is 1. The minimum Gasteiger partial charge on any atom is -0.508 e. The van der Waals surface area contributed by atoms with E-state index in [4.69, 9.17) is 9.47 Å². The van der Waals surface area contributed by atoms with E-state index in [1.54, 1.807) is 0 Å². The van der Waals surface area contributed by atoms with Crippen molar-refractivity contribution in [1.29, 1.82) is 0 Å². The first-order valence-corrected chi connectivity index (χ1v) is 9.31. The molecule has 0 aromatic heterocycles. The molecule has 0 saturated carbocycles. The first kappa shape index (κ1) is 16.8. The number of phenols is 2. The molecule has 1 spiro atoms. The van der Waals surface area contributed by atoms with Gasteiger partial charge in [-0.2, -0.15) is 0 Å². The van der Waals surface area contributed by atoms with Gasteiger partial charge in [0, 0.05) is 29.3 Å². The molecule has 9 heteroatoms. The van der Waals surface area contributed by atoms with Crippen LogP contribution >= 0.6 is 11.8 Å². The van der Waals surface area contributed by atoms with Crippen LogP contribution in [0.2, 0.25) is 0 Å². The van der Waals surface area contributed by atoms with Crippen LogP contribution in [0.5, 0.6) is 23.0 Å². The van der Waals surface area contributed by atoms with Crippen LogP contribution in [0, 0.1) is 0 Å². The summed E-state index contributed by atoms with van der Waals surface area (Å²) in [7, 11) is 0. The summed E-state index contributed by atoms with van der Waals surface area (Å²) in [6.07, 6.45) is 0.510. The molecule has 0 amide bonds. The van der Waals surface area contributed by atoms with E-state index in [0.29, 0.717) is 6.08 Å². The maximum absolute atomic E-state index is 15.2. The second-order valence-electron chi connectivity index (χ2n) is 7.12. The van der Waals surface area contributed by atoms with Crippen LogP contribution in [0.1, 0.15) is 11.1 Å². The third kappa shape index (κ3) is 1.78. The van der Waals surface area contributed by atoms with Crippen molar-refractivity contribution in [3.63, 3.8) is 0 Å². The Kier molecular flexibility index (Phi) is 2.75. The summed E-state index contributed by atoms with van der Waals surface area (Å²) < 4.78 is 56.3. The molecule has 3 heterocycles. The second kappa shape index (κ2) is 4.73. The fourth-order valence-corrected chi connectivity index (χ4v) is 5.24. The van der Waals surface area contributed by atoms with Crippen LogP contribution in [0.15, 0.2) is 59.4 Å². The Morgan fingerprint density at radius 2 is 1.52 bits per heavy atom. The van der Waals surface area contributed by atoms with Crippen LogP contribution in [-0.4, -0.2) is 26.2 Å². The Morgan fingerprint density at radius 1 is 0.931 bits per heavy atom. The van der Waals surface area contributed by atoms with Crippen LogP contribution in [0.3, 0.4) is 0 Å². The molecule has 4 aliphatic rings. The van der Waals surface area contributed by atoms with Crippen molar-refractivity contribution in [1.82, 2.24) is 0 Å². The minimum absolute atomic E-state index is 0.0193. The summed E-state index contributed by atoms with van der Waals surface area (Å²) in [6.45, 7) is 0. The predicted molar refractivity (Wildman–Crippen MR) is 94.6 cm³/mol. The van der Waals surface area contributed by atoms with E-state index in [2.05, 4.69) is 0 Å². The zero-order valence-electron chi connectivity index (χ0n) is 14.2. The van der Waals surface area contributed by atoms with Gasteiger partial charge < -0.3 is 19.7 Å². The van der Waals surface area contributed by atoms with E-state index in [1.165, 1.54) is 36.4 Å². The second-order valence-corrected chi connectivity index (χ2v) is 8.48. The van der Waals surface area contributed by atoms with Gasteiger partial charge in [-0.05, 0) is 24.3 Å². The Bertz CT molecular complexity index is 1190. The lowest BCUT2D eigenvalue weighted by molar-refractivity contribution is -0.145. The highest BCUT2D eigenvalue weighted by atomic mass is 32.2. The van der Waals surface area contributed by atoms with Gasteiger partial charge in [-0.1, -0.05) is 11.8 Å². The van der Waals surface area contributed by atoms with E-state index in [1.807, 2.05) is 0 Å². The summed E-state index contributed by atoms with van der Waals surface area (Å²) in [5, 5.41) is 14.3. The maximum Gasteiger partial charge on any atom is 0.340 e. The SMILES string of the molecule is O=C1OC2(C3=C1C1(F)SC1(F)C=C3F)c1ccc(O)cc1Oc1cc(O)ccc12. The molecule has 1 saturated heterocycles. The highest BCUT2D eigenvalue weighted by Crippen LogP contribution is 2.76. The lowest BCUT2D eigenvalue weighted by Crippen LogP contribution is -2.35. The van der Waals surface area contributed by atoms with E-state index in [-0.39, 0.29) is 45.9 Å². The van der Waals surface area contributed by atoms with Crippen LogP contribution in [-0.2, 0) is 15.1 Å². The quantitative estimate of drug-likeness (QED) is 0.492. The molecule has 5 nitrogen and oxygen atoms in total. The van der Waals surface area contributed by atoms with Crippen LogP contribution in [0.25, 0.3) is 0 Å². The summed E-state index contributed by atoms with van der Waals surface area (Å²) in [5.41, 5.74) is -2.84. The van der Waals surface area contributed by atoms with Crippen molar-refractivity contribution < 1.29 is 37.7 Å². The van der Waals surface area contributed by atoms with Gasteiger partial charge in [-0.3, -0.25) is 0 Å². The van der Waals surface area contributed by atoms with Crippen molar-refractivity contribution in [3.8, 4) is 23.0 Å². The highest BCUT2D eigenvalue weighted by Gasteiger charge is 2.81. The number of ether oxygens (including phenoxy) is 2. The maximum atomic E-state index is 15.2. The van der Waals surface area contributed by atoms with Gasteiger partial charge in [-0.15, -0.1) is 0 Å². The summed E-state index contributed by atoms with van der Waals surface area (Å²) >= 11 is 0.183. The number of carbonyl (C=O) groups is 1. The molecule has 3 aliphatic heterocycles. The lowest BCUT2D eigenvalue weighted by atomic mass is 9.74. The largest absolute Gasteiger partial charge is 0.508 e. The smallest absolute Gasteiger partial charge is 0.340 e. The van der Waals surface area contributed by atoms with Gasteiger partial charge in [0.05, 0.1) is 5.57 Å². The Labute approximate surface area is 165 Å². The lowest BCUT2D eigenvalue weighted by Gasteiger charge is -2.37. The highest BCUT2D eigenvalue weighted by molar-refractivity contribution is 8.09. The molecule has 6 rings (SSSR count). The van der Waals surface area contributed by atoms with Crippen molar-refractivity contribution in [2.75, 3.05) is 0 Å². The fraction of sp³-hybridized carbons (Fsp3) is 0.150. The minimum atomic E-state index is -2.75. The third-order valence-electron chi connectivity index (χ3n) is 5.52. The van der Waals surface area contributed by atoms with Crippen LogP contribution in [0.4, 0.5) is 13.2 Å². The van der Waals surface area contributed by atoms with Crippen molar-refractivity contribution in [3.05, 3.63) is 70.6 Å². The molecule has 2 N–H and O–H groups in total. The molecule has 146 valence electrons. The Hall–Kier alpha value is -3.07. The number of halogens is 3. The first-order valence-electron chi connectivity index (χ1n) is 8.50. The number of fused-ring (bicyclic) bond motifs is 7. The molecule has 1 aliphatic carbocycles. The van der Waals surface area contributed by atoms with E-state index in [0.717, 1.165) is 0 Å². The van der Waals surface area contributed by atoms with Gasteiger partial charge in [0.15, 0.2) is 5.60 Å². The molecule has 2 unspecified atom stereocenters. The number of rotatable bonds is 0. The van der Waals surface area contributed by atoms with Gasteiger partial charge in [0.2, 0.25) is 10.0 Å². The number of hydrogen-bond donors (Lipinski definition) is 2. The van der Waals surface area contributed by atoms with E-state index < -0.39 is 38.5 Å². The molecule has 2 aromatic carbocycles. The first-order chi connectivity index (χ1) is 13.7. The molecule has 2 atom stereocenters. The number of phenolic OH excluding ortho intramolecular Hbond substituents is 2. The van der Waals surface area contributed by atoms with Gasteiger partial charge in [0.1, 0.15) is 34.4 Å². The average Bonchev–Trinajstić information content (AvgIpc) is 3.05. The summed E-state index contributed by atoms with van der Waals surface area (Å²) in [5.74, 6) is -2.62. The van der Waals surface area contributed by atoms with Gasteiger partial charge >= 0.3 is 5.97 Å². The van der Waals surface area contributed by atoms with Crippen LogP contribution < -0.4 is 4.74 Å². The normalized spacial score (nSPS) is 29.9. The molecule has 2 aromatic rings. The number of benzene rings is 2. The molecule has 29 heavy (non-hydrogen) atoms. The molecule has 1 fully saturated rings. The molecular formula is C20H9F3O5S. The van der Waals surface area contributed by atoms with Crippen molar-refractivity contribution >= 4 is 17.7 Å². The van der Waals surface area contributed by atoms with Gasteiger partial charge in [0.25, 0.3) is 0 Å².